The van der Waals surface area contributed by atoms with E-state index in [9.17, 15) is 4.79 Å². The molecule has 2 aliphatic rings. The molecule has 0 aliphatic carbocycles. The summed E-state index contributed by atoms with van der Waals surface area (Å²) in [5.74, 6) is 0.983. The lowest BCUT2D eigenvalue weighted by Gasteiger charge is -2.34. The Kier molecular flexibility index (Phi) is 5.64. The van der Waals surface area contributed by atoms with Gasteiger partial charge >= 0.3 is 0 Å². The van der Waals surface area contributed by atoms with E-state index in [0.29, 0.717) is 19.1 Å². The highest BCUT2D eigenvalue weighted by Gasteiger charge is 2.31. The van der Waals surface area contributed by atoms with Crippen LogP contribution >= 0.6 is 0 Å². The average Bonchev–Trinajstić information content (AvgIpc) is 3.18. The van der Waals surface area contributed by atoms with Crippen LogP contribution in [0.3, 0.4) is 0 Å². The highest BCUT2D eigenvalue weighted by atomic mass is 16.5. The first-order valence-electron chi connectivity index (χ1n) is 11.7. The molecule has 4 heterocycles. The molecule has 1 amide bonds. The van der Waals surface area contributed by atoms with Crippen LogP contribution in [0.25, 0.3) is 10.9 Å². The Morgan fingerprint density at radius 2 is 1.84 bits per heavy atom. The van der Waals surface area contributed by atoms with Gasteiger partial charge < -0.3 is 19.1 Å². The summed E-state index contributed by atoms with van der Waals surface area (Å²) in [6, 6.07) is 13.1. The van der Waals surface area contributed by atoms with Gasteiger partial charge in [-0.1, -0.05) is 0 Å². The second-order valence-electron chi connectivity index (χ2n) is 9.46. The summed E-state index contributed by atoms with van der Waals surface area (Å²) in [6.45, 7) is 10.2. The SMILES string of the molecule is CC(C)N1CCC(Oc2ccc3c(c2)cc2n3C(C)CN(Cc3ccncc3)C2=O)CC1. The van der Waals surface area contributed by atoms with Crippen molar-refractivity contribution >= 4 is 16.8 Å². The monoisotopic (exact) mass is 432 g/mol. The topological polar surface area (TPSA) is 50.6 Å². The number of hydrogen-bond donors (Lipinski definition) is 0. The molecule has 32 heavy (non-hydrogen) atoms. The number of fused-ring (bicyclic) bond motifs is 3. The summed E-state index contributed by atoms with van der Waals surface area (Å²) in [4.78, 5) is 21.8. The lowest BCUT2D eigenvalue weighted by molar-refractivity contribution is 0.0665. The summed E-state index contributed by atoms with van der Waals surface area (Å²) < 4.78 is 8.53. The molecule has 3 aromatic rings. The number of aromatic nitrogens is 2. The van der Waals surface area contributed by atoms with Gasteiger partial charge in [-0.3, -0.25) is 9.78 Å². The minimum Gasteiger partial charge on any atom is -0.490 e. The molecule has 6 nitrogen and oxygen atoms in total. The third-order valence-electron chi connectivity index (χ3n) is 6.87. The highest BCUT2D eigenvalue weighted by Crippen LogP contribution is 2.33. The predicted octanol–water partition coefficient (Wildman–Crippen LogP) is 4.50. The maximum atomic E-state index is 13.3. The van der Waals surface area contributed by atoms with Gasteiger partial charge in [-0.2, -0.15) is 0 Å². The molecule has 0 N–H and O–H groups in total. The predicted molar refractivity (Wildman–Crippen MR) is 126 cm³/mol. The number of rotatable bonds is 5. The van der Waals surface area contributed by atoms with Crippen LogP contribution in [-0.2, 0) is 6.54 Å². The van der Waals surface area contributed by atoms with Crippen molar-refractivity contribution in [3.63, 3.8) is 0 Å². The summed E-state index contributed by atoms with van der Waals surface area (Å²) in [5.41, 5.74) is 2.96. The Labute approximate surface area is 189 Å². The van der Waals surface area contributed by atoms with E-state index in [0.717, 1.165) is 53.8 Å². The maximum absolute atomic E-state index is 13.3. The maximum Gasteiger partial charge on any atom is 0.270 e. The standard InChI is InChI=1S/C26H32N4O2/c1-18(2)28-12-8-22(9-13-28)32-23-4-5-24-21(14-23)15-25-26(31)29(16-19(3)30(24)25)17-20-6-10-27-11-7-20/h4-7,10-11,14-15,18-19,22H,8-9,12-13,16-17H2,1-3H3. The smallest absolute Gasteiger partial charge is 0.270 e. The minimum atomic E-state index is 0.0830. The summed E-state index contributed by atoms with van der Waals surface area (Å²) in [5, 5.41) is 1.07. The van der Waals surface area contributed by atoms with Crippen LogP contribution in [0.2, 0.25) is 0 Å². The van der Waals surface area contributed by atoms with Crippen LogP contribution in [0.5, 0.6) is 5.75 Å². The molecule has 2 aliphatic heterocycles. The lowest BCUT2D eigenvalue weighted by Crippen LogP contribution is -2.41. The fourth-order valence-electron chi connectivity index (χ4n) is 5.12. The summed E-state index contributed by atoms with van der Waals surface area (Å²) in [6.07, 6.45) is 5.93. The molecule has 1 atom stereocenters. The van der Waals surface area contributed by atoms with E-state index < -0.39 is 0 Å². The third-order valence-corrected chi connectivity index (χ3v) is 6.87. The van der Waals surface area contributed by atoms with Gasteiger partial charge in [-0.25, -0.2) is 0 Å². The summed E-state index contributed by atoms with van der Waals surface area (Å²) in [7, 11) is 0. The van der Waals surface area contributed by atoms with Crippen molar-refractivity contribution in [1.82, 2.24) is 19.4 Å². The second-order valence-corrected chi connectivity index (χ2v) is 9.46. The number of benzene rings is 1. The van der Waals surface area contributed by atoms with Gasteiger partial charge in [-0.15, -0.1) is 0 Å². The molecule has 1 aromatic carbocycles. The number of pyridine rings is 1. The Morgan fingerprint density at radius 3 is 2.56 bits per heavy atom. The normalized spacial score (nSPS) is 20.2. The van der Waals surface area contributed by atoms with Crippen molar-refractivity contribution in [3.8, 4) is 5.75 Å². The number of hydrogen-bond acceptors (Lipinski definition) is 4. The van der Waals surface area contributed by atoms with Gasteiger partial charge in [0.2, 0.25) is 0 Å². The number of nitrogens with zero attached hydrogens (tertiary/aromatic N) is 4. The molecular weight excluding hydrogens is 400 g/mol. The Morgan fingerprint density at radius 1 is 1.09 bits per heavy atom. The largest absolute Gasteiger partial charge is 0.490 e. The highest BCUT2D eigenvalue weighted by molar-refractivity contribution is 6.00. The van der Waals surface area contributed by atoms with Gasteiger partial charge in [0, 0.05) is 61.6 Å². The molecule has 1 unspecified atom stereocenters. The molecule has 0 spiro atoms. The molecule has 168 valence electrons. The van der Waals surface area contributed by atoms with E-state index in [4.69, 9.17) is 4.74 Å². The van der Waals surface area contributed by atoms with Crippen molar-refractivity contribution in [3.05, 3.63) is 60.0 Å². The van der Waals surface area contributed by atoms with Crippen LogP contribution in [0.1, 0.15) is 55.7 Å². The number of carbonyl (C=O) groups excluding carboxylic acids is 1. The number of likely N-dealkylation sites (tertiary alicyclic amines) is 1. The van der Waals surface area contributed by atoms with Gasteiger partial charge in [0.05, 0.1) is 0 Å². The fraction of sp³-hybridized carbons (Fsp3) is 0.462. The molecule has 0 saturated carbocycles. The van der Waals surface area contributed by atoms with Gasteiger partial charge in [0.25, 0.3) is 5.91 Å². The Balaban J connectivity index is 1.35. The number of carbonyl (C=O) groups is 1. The molecule has 0 radical (unpaired) electrons. The van der Waals surface area contributed by atoms with Crippen molar-refractivity contribution < 1.29 is 9.53 Å². The first kappa shape index (κ1) is 21.0. The quantitative estimate of drug-likeness (QED) is 0.595. The van der Waals surface area contributed by atoms with Gasteiger partial charge in [-0.05, 0) is 75.6 Å². The molecule has 5 rings (SSSR count). The van der Waals surface area contributed by atoms with Crippen LogP contribution in [0, 0.1) is 0 Å². The second kappa shape index (κ2) is 8.58. The number of piperidine rings is 1. The number of ether oxygens (including phenoxy) is 1. The van der Waals surface area contributed by atoms with Crippen molar-refractivity contribution in [1.29, 1.82) is 0 Å². The zero-order valence-corrected chi connectivity index (χ0v) is 19.2. The molecule has 6 heteroatoms. The third kappa shape index (κ3) is 3.99. The van der Waals surface area contributed by atoms with Crippen LogP contribution in [0.4, 0.5) is 0 Å². The zero-order valence-electron chi connectivity index (χ0n) is 19.2. The van der Waals surface area contributed by atoms with E-state index in [1.165, 1.54) is 0 Å². The van der Waals surface area contributed by atoms with Crippen molar-refractivity contribution in [2.75, 3.05) is 19.6 Å². The van der Waals surface area contributed by atoms with E-state index in [1.807, 2.05) is 23.1 Å². The summed E-state index contributed by atoms with van der Waals surface area (Å²) >= 11 is 0. The van der Waals surface area contributed by atoms with Crippen LogP contribution < -0.4 is 4.74 Å². The first-order chi connectivity index (χ1) is 15.5. The lowest BCUT2D eigenvalue weighted by atomic mass is 10.1. The van der Waals surface area contributed by atoms with Gasteiger partial charge in [0.15, 0.2) is 0 Å². The van der Waals surface area contributed by atoms with E-state index in [2.05, 4.69) is 53.4 Å². The molecule has 0 bridgehead atoms. The van der Waals surface area contributed by atoms with E-state index in [1.54, 1.807) is 12.4 Å². The first-order valence-corrected chi connectivity index (χ1v) is 11.7. The van der Waals surface area contributed by atoms with Crippen molar-refractivity contribution in [2.45, 2.75) is 58.3 Å². The molecular formula is C26H32N4O2. The van der Waals surface area contributed by atoms with Gasteiger partial charge in [0.1, 0.15) is 17.5 Å². The minimum absolute atomic E-state index is 0.0830. The van der Waals surface area contributed by atoms with Crippen LogP contribution in [0.15, 0.2) is 48.8 Å². The zero-order chi connectivity index (χ0) is 22.2. The molecule has 2 aromatic heterocycles. The average molecular weight is 433 g/mol. The Hall–Kier alpha value is -2.86. The fourth-order valence-corrected chi connectivity index (χ4v) is 5.12. The molecule has 1 fully saturated rings. The van der Waals surface area contributed by atoms with E-state index in [-0.39, 0.29) is 18.1 Å². The molecule has 1 saturated heterocycles. The Bertz CT molecular complexity index is 1100. The van der Waals surface area contributed by atoms with Crippen LogP contribution in [-0.4, -0.2) is 57.0 Å². The van der Waals surface area contributed by atoms with Crippen molar-refractivity contribution in [2.24, 2.45) is 0 Å². The number of amides is 1. The van der Waals surface area contributed by atoms with E-state index >= 15 is 0 Å².